The van der Waals surface area contributed by atoms with Gasteiger partial charge in [0.25, 0.3) is 11.7 Å². The number of rotatable bonds is 4. The third kappa shape index (κ3) is 3.01. The van der Waals surface area contributed by atoms with Crippen LogP contribution in [0.2, 0.25) is 0 Å². The van der Waals surface area contributed by atoms with E-state index in [0.717, 1.165) is 11.3 Å². The molecule has 0 spiro atoms. The van der Waals surface area contributed by atoms with Crippen LogP contribution in [0.1, 0.15) is 29.1 Å². The van der Waals surface area contributed by atoms with Crippen LogP contribution in [0, 0.1) is 0 Å². The maximum absolute atomic E-state index is 12.2. The number of tetrazole rings is 1. The minimum Gasteiger partial charge on any atom is -0.343 e. The molecule has 6 heteroatoms. The largest absolute Gasteiger partial charge is 0.343 e. The predicted octanol–water partition coefficient (Wildman–Crippen LogP) is 2.15. The van der Waals surface area contributed by atoms with Gasteiger partial charge in [0.1, 0.15) is 0 Å². The Bertz CT molecular complexity index is 754. The second-order valence-electron chi connectivity index (χ2n) is 4.84. The first kappa shape index (κ1) is 13.9. The lowest BCUT2D eigenvalue weighted by Crippen LogP contribution is -2.27. The zero-order valence-corrected chi connectivity index (χ0v) is 12.0. The molecule has 1 atom stereocenters. The summed E-state index contributed by atoms with van der Waals surface area (Å²) in [6, 6.07) is 18.9. The van der Waals surface area contributed by atoms with Gasteiger partial charge in [-0.1, -0.05) is 48.5 Å². The Kier molecular flexibility index (Phi) is 3.91. The topological polar surface area (TPSA) is 72.7 Å². The average molecular weight is 293 g/mol. The van der Waals surface area contributed by atoms with Gasteiger partial charge in [0.2, 0.25) is 0 Å². The molecule has 1 aromatic heterocycles. The Hall–Kier alpha value is -3.02. The van der Waals surface area contributed by atoms with Gasteiger partial charge in [-0.15, -0.1) is 15.0 Å². The molecule has 0 aliphatic heterocycles. The highest BCUT2D eigenvalue weighted by Gasteiger charge is 2.16. The lowest BCUT2D eigenvalue weighted by molar-refractivity contribution is 0.0929. The molecular formula is C16H15N5O. The highest BCUT2D eigenvalue weighted by atomic mass is 16.2. The van der Waals surface area contributed by atoms with Gasteiger partial charge >= 0.3 is 0 Å². The Balaban J connectivity index is 1.72. The van der Waals surface area contributed by atoms with E-state index in [1.165, 1.54) is 4.80 Å². The van der Waals surface area contributed by atoms with Crippen LogP contribution in [0.5, 0.6) is 0 Å². The second-order valence-corrected chi connectivity index (χ2v) is 4.84. The highest BCUT2D eigenvalue weighted by Crippen LogP contribution is 2.11. The van der Waals surface area contributed by atoms with Crippen molar-refractivity contribution in [2.75, 3.05) is 0 Å². The standard InChI is InChI=1S/C16H15N5O/c1-12(13-8-4-2-5-9-13)17-16(22)15-18-20-21(19-15)14-10-6-3-7-11-14/h2-12H,1H3,(H,17,22). The van der Waals surface area contributed by atoms with E-state index in [-0.39, 0.29) is 17.8 Å². The van der Waals surface area contributed by atoms with Crippen molar-refractivity contribution in [1.29, 1.82) is 0 Å². The lowest BCUT2D eigenvalue weighted by atomic mass is 10.1. The van der Waals surface area contributed by atoms with E-state index in [1.807, 2.05) is 67.6 Å². The van der Waals surface area contributed by atoms with Crippen molar-refractivity contribution in [3.05, 3.63) is 72.1 Å². The second kappa shape index (κ2) is 6.17. The normalized spacial score (nSPS) is 11.9. The number of hydrogen-bond acceptors (Lipinski definition) is 4. The summed E-state index contributed by atoms with van der Waals surface area (Å²) in [7, 11) is 0. The van der Waals surface area contributed by atoms with Gasteiger partial charge in [0.15, 0.2) is 0 Å². The van der Waals surface area contributed by atoms with Gasteiger partial charge in [-0.05, 0) is 29.8 Å². The van der Waals surface area contributed by atoms with Gasteiger partial charge in [0.05, 0.1) is 11.7 Å². The van der Waals surface area contributed by atoms with Crippen LogP contribution in [-0.4, -0.2) is 26.1 Å². The number of para-hydroxylation sites is 1. The third-order valence-electron chi connectivity index (χ3n) is 3.25. The average Bonchev–Trinajstić information content (AvgIpc) is 3.06. The fourth-order valence-corrected chi connectivity index (χ4v) is 2.06. The molecule has 0 aliphatic rings. The maximum atomic E-state index is 12.2. The van der Waals surface area contributed by atoms with Crippen LogP contribution >= 0.6 is 0 Å². The van der Waals surface area contributed by atoms with Crippen LogP contribution in [-0.2, 0) is 0 Å². The van der Waals surface area contributed by atoms with Crippen molar-refractivity contribution in [2.45, 2.75) is 13.0 Å². The first-order valence-electron chi connectivity index (χ1n) is 6.95. The molecule has 0 aliphatic carbocycles. The third-order valence-corrected chi connectivity index (χ3v) is 3.25. The number of benzene rings is 2. The summed E-state index contributed by atoms with van der Waals surface area (Å²) >= 11 is 0. The SMILES string of the molecule is CC(NC(=O)c1nnn(-c2ccccc2)n1)c1ccccc1. The molecule has 0 radical (unpaired) electrons. The summed E-state index contributed by atoms with van der Waals surface area (Å²) in [4.78, 5) is 13.5. The number of aromatic nitrogens is 4. The van der Waals surface area contributed by atoms with Gasteiger partial charge in [-0.25, -0.2) is 0 Å². The summed E-state index contributed by atoms with van der Waals surface area (Å²) < 4.78 is 0. The molecule has 3 rings (SSSR count). The maximum Gasteiger partial charge on any atom is 0.293 e. The van der Waals surface area contributed by atoms with E-state index in [1.54, 1.807) is 0 Å². The smallest absolute Gasteiger partial charge is 0.293 e. The molecule has 3 aromatic rings. The van der Waals surface area contributed by atoms with Crippen molar-refractivity contribution in [3.63, 3.8) is 0 Å². The minimum absolute atomic E-state index is 0.0478. The van der Waals surface area contributed by atoms with Crippen LogP contribution in [0.25, 0.3) is 5.69 Å². The van der Waals surface area contributed by atoms with E-state index in [2.05, 4.69) is 20.7 Å². The summed E-state index contributed by atoms with van der Waals surface area (Å²) in [6.07, 6.45) is 0. The highest BCUT2D eigenvalue weighted by molar-refractivity contribution is 5.90. The molecular weight excluding hydrogens is 278 g/mol. The molecule has 0 saturated carbocycles. The molecule has 0 bridgehead atoms. The van der Waals surface area contributed by atoms with Crippen molar-refractivity contribution >= 4 is 5.91 Å². The number of carbonyl (C=O) groups excluding carboxylic acids is 1. The fourth-order valence-electron chi connectivity index (χ4n) is 2.06. The number of nitrogens with zero attached hydrogens (tertiary/aromatic N) is 4. The molecule has 6 nitrogen and oxygen atoms in total. The minimum atomic E-state index is -0.349. The van der Waals surface area contributed by atoms with Crippen LogP contribution < -0.4 is 5.32 Å². The Morgan fingerprint density at radius 2 is 1.68 bits per heavy atom. The summed E-state index contributed by atoms with van der Waals surface area (Å²) in [5, 5.41) is 14.7. The molecule has 0 fully saturated rings. The molecule has 110 valence electrons. The number of amides is 1. The number of carbonyl (C=O) groups is 1. The van der Waals surface area contributed by atoms with Gasteiger partial charge in [-0.3, -0.25) is 4.79 Å². The zero-order chi connectivity index (χ0) is 15.4. The van der Waals surface area contributed by atoms with Gasteiger partial charge in [0, 0.05) is 0 Å². The Morgan fingerprint density at radius 1 is 1.05 bits per heavy atom. The van der Waals surface area contributed by atoms with Crippen LogP contribution in [0.15, 0.2) is 60.7 Å². The first-order valence-corrected chi connectivity index (χ1v) is 6.95. The summed E-state index contributed by atoms with van der Waals surface area (Å²) in [6.45, 7) is 1.91. The van der Waals surface area contributed by atoms with Crippen molar-refractivity contribution in [1.82, 2.24) is 25.5 Å². The molecule has 1 N–H and O–H groups in total. The number of nitrogens with one attached hydrogen (secondary N) is 1. The zero-order valence-electron chi connectivity index (χ0n) is 12.0. The van der Waals surface area contributed by atoms with Gasteiger partial charge < -0.3 is 5.32 Å². The Labute approximate surface area is 127 Å². The lowest BCUT2D eigenvalue weighted by Gasteiger charge is -2.12. The monoisotopic (exact) mass is 293 g/mol. The molecule has 1 amide bonds. The van der Waals surface area contributed by atoms with Gasteiger partial charge in [-0.2, -0.15) is 0 Å². The quantitative estimate of drug-likeness (QED) is 0.800. The van der Waals surface area contributed by atoms with E-state index in [9.17, 15) is 4.79 Å². The Morgan fingerprint density at radius 3 is 2.36 bits per heavy atom. The van der Waals surface area contributed by atoms with Crippen molar-refractivity contribution in [2.24, 2.45) is 0 Å². The predicted molar refractivity (Wildman–Crippen MR) is 81.5 cm³/mol. The van der Waals surface area contributed by atoms with Crippen molar-refractivity contribution < 1.29 is 4.79 Å². The van der Waals surface area contributed by atoms with E-state index in [0.29, 0.717) is 0 Å². The summed E-state index contributed by atoms with van der Waals surface area (Å²) in [5.41, 5.74) is 1.77. The van der Waals surface area contributed by atoms with E-state index in [4.69, 9.17) is 0 Å². The van der Waals surface area contributed by atoms with E-state index < -0.39 is 0 Å². The number of hydrogen-bond donors (Lipinski definition) is 1. The first-order chi connectivity index (χ1) is 10.7. The molecule has 2 aromatic carbocycles. The molecule has 1 heterocycles. The van der Waals surface area contributed by atoms with Crippen LogP contribution in [0.4, 0.5) is 0 Å². The molecule has 1 unspecified atom stereocenters. The molecule has 22 heavy (non-hydrogen) atoms. The fraction of sp³-hybridized carbons (Fsp3) is 0.125. The van der Waals surface area contributed by atoms with E-state index >= 15 is 0 Å². The molecule has 0 saturated heterocycles. The summed E-state index contributed by atoms with van der Waals surface area (Å²) in [5.74, 6) is -0.301. The van der Waals surface area contributed by atoms with Crippen molar-refractivity contribution in [3.8, 4) is 5.69 Å². The van der Waals surface area contributed by atoms with Crippen LogP contribution in [0.3, 0.4) is 0 Å².